The quantitative estimate of drug-likeness (QED) is 0.676. The van der Waals surface area contributed by atoms with Crippen LogP contribution in [0.25, 0.3) is 0 Å². The molecule has 0 rings (SSSR count). The van der Waals surface area contributed by atoms with Gasteiger partial charge < -0.3 is 11.1 Å². The molecule has 0 aliphatic carbocycles. The Labute approximate surface area is 106 Å². The highest BCUT2D eigenvalue weighted by Crippen LogP contribution is 2.11. The van der Waals surface area contributed by atoms with Crippen LogP contribution in [0.2, 0.25) is 0 Å². The van der Waals surface area contributed by atoms with Crippen molar-refractivity contribution in [1.29, 1.82) is 0 Å². The largest absolute Gasteiger partial charge is 0.354 e. The molecule has 1 amide bonds. The van der Waals surface area contributed by atoms with E-state index in [0.29, 0.717) is 19.0 Å². The normalized spacial score (nSPS) is 15.1. The number of amides is 1. The Kier molecular flexibility index (Phi) is 8.17. The molecule has 0 bridgehead atoms. The SMILES string of the molecule is CCC(C)N(CC)C(CN)CC(=O)NC(C)C. The molecule has 0 fully saturated rings. The van der Waals surface area contributed by atoms with Crippen LogP contribution < -0.4 is 11.1 Å². The third kappa shape index (κ3) is 6.03. The number of nitrogens with one attached hydrogen (secondary N) is 1. The van der Waals surface area contributed by atoms with E-state index in [2.05, 4.69) is 31.0 Å². The van der Waals surface area contributed by atoms with Gasteiger partial charge in [0.1, 0.15) is 0 Å². The molecule has 0 aromatic rings. The number of rotatable bonds is 8. The van der Waals surface area contributed by atoms with E-state index in [1.165, 1.54) is 0 Å². The lowest BCUT2D eigenvalue weighted by Gasteiger charge is -2.34. The van der Waals surface area contributed by atoms with Crippen molar-refractivity contribution in [3.63, 3.8) is 0 Å². The van der Waals surface area contributed by atoms with Crippen molar-refractivity contribution in [3.05, 3.63) is 0 Å². The van der Waals surface area contributed by atoms with Crippen LogP contribution in [-0.4, -0.2) is 42.0 Å². The van der Waals surface area contributed by atoms with Crippen molar-refractivity contribution in [3.8, 4) is 0 Å². The Morgan fingerprint density at radius 2 is 1.88 bits per heavy atom. The summed E-state index contributed by atoms with van der Waals surface area (Å²) < 4.78 is 0. The average molecular weight is 243 g/mol. The average Bonchev–Trinajstić information content (AvgIpc) is 2.27. The third-order valence-corrected chi connectivity index (χ3v) is 3.13. The second kappa shape index (κ2) is 8.48. The van der Waals surface area contributed by atoms with Crippen LogP contribution in [0.3, 0.4) is 0 Å². The van der Waals surface area contributed by atoms with Crippen molar-refractivity contribution >= 4 is 5.91 Å². The molecule has 2 unspecified atom stereocenters. The van der Waals surface area contributed by atoms with E-state index in [1.54, 1.807) is 0 Å². The van der Waals surface area contributed by atoms with Gasteiger partial charge in [0.2, 0.25) is 5.91 Å². The Balaban J connectivity index is 4.43. The van der Waals surface area contributed by atoms with Gasteiger partial charge in [-0.3, -0.25) is 9.69 Å². The molecule has 0 radical (unpaired) electrons. The number of carbonyl (C=O) groups is 1. The first kappa shape index (κ1) is 16.4. The number of nitrogens with zero attached hydrogens (tertiary/aromatic N) is 1. The van der Waals surface area contributed by atoms with E-state index >= 15 is 0 Å². The summed E-state index contributed by atoms with van der Waals surface area (Å²) in [6, 6.07) is 0.814. The monoisotopic (exact) mass is 243 g/mol. The molecule has 17 heavy (non-hydrogen) atoms. The number of likely N-dealkylation sites (N-methyl/N-ethyl adjacent to an activating group) is 1. The Bertz CT molecular complexity index is 219. The van der Waals surface area contributed by atoms with Gasteiger partial charge in [-0.2, -0.15) is 0 Å². The van der Waals surface area contributed by atoms with E-state index in [-0.39, 0.29) is 18.0 Å². The topological polar surface area (TPSA) is 58.4 Å². The van der Waals surface area contributed by atoms with Crippen LogP contribution in [0, 0.1) is 0 Å². The van der Waals surface area contributed by atoms with Crippen LogP contribution in [0.1, 0.15) is 47.5 Å². The molecule has 0 heterocycles. The second-order valence-corrected chi connectivity index (χ2v) is 4.90. The molecule has 2 atom stereocenters. The van der Waals surface area contributed by atoms with E-state index in [1.807, 2.05) is 13.8 Å². The van der Waals surface area contributed by atoms with E-state index < -0.39 is 0 Å². The van der Waals surface area contributed by atoms with Gasteiger partial charge in [-0.15, -0.1) is 0 Å². The molecule has 0 spiro atoms. The molecular formula is C13H29N3O. The fourth-order valence-corrected chi connectivity index (χ4v) is 2.10. The molecule has 0 saturated heterocycles. The van der Waals surface area contributed by atoms with Crippen LogP contribution in [0.4, 0.5) is 0 Å². The smallest absolute Gasteiger partial charge is 0.221 e. The highest BCUT2D eigenvalue weighted by atomic mass is 16.1. The molecule has 102 valence electrons. The second-order valence-electron chi connectivity index (χ2n) is 4.90. The minimum Gasteiger partial charge on any atom is -0.354 e. The van der Waals surface area contributed by atoms with Gasteiger partial charge in [-0.25, -0.2) is 0 Å². The number of hydrogen-bond donors (Lipinski definition) is 2. The molecule has 3 N–H and O–H groups in total. The first-order valence-electron chi connectivity index (χ1n) is 6.71. The Hall–Kier alpha value is -0.610. The minimum atomic E-state index is 0.0946. The lowest BCUT2D eigenvalue weighted by Crippen LogP contribution is -2.48. The van der Waals surface area contributed by atoms with Crippen LogP contribution in [0.15, 0.2) is 0 Å². The minimum absolute atomic E-state index is 0.0946. The summed E-state index contributed by atoms with van der Waals surface area (Å²) in [5, 5.41) is 2.92. The molecule has 0 aromatic heterocycles. The first-order valence-corrected chi connectivity index (χ1v) is 6.71. The fourth-order valence-electron chi connectivity index (χ4n) is 2.10. The van der Waals surface area contributed by atoms with Crippen LogP contribution >= 0.6 is 0 Å². The summed E-state index contributed by atoms with van der Waals surface area (Å²) in [5.41, 5.74) is 5.80. The molecule has 0 saturated carbocycles. The predicted octanol–water partition coefficient (Wildman–Crippen LogP) is 1.35. The van der Waals surface area contributed by atoms with E-state index in [4.69, 9.17) is 5.73 Å². The standard InChI is InChI=1S/C13H29N3O/c1-6-11(5)16(7-2)12(9-14)8-13(17)15-10(3)4/h10-12H,6-9,14H2,1-5H3,(H,15,17). The maximum atomic E-state index is 11.8. The summed E-state index contributed by atoms with van der Waals surface area (Å²) in [4.78, 5) is 14.1. The Morgan fingerprint density at radius 3 is 2.24 bits per heavy atom. The molecule has 4 heteroatoms. The fraction of sp³-hybridized carbons (Fsp3) is 0.923. The van der Waals surface area contributed by atoms with Crippen molar-refractivity contribution in [1.82, 2.24) is 10.2 Å². The zero-order chi connectivity index (χ0) is 13.4. The van der Waals surface area contributed by atoms with Gasteiger partial charge in [0.15, 0.2) is 0 Å². The van der Waals surface area contributed by atoms with Crippen LogP contribution in [0.5, 0.6) is 0 Å². The van der Waals surface area contributed by atoms with Gasteiger partial charge in [0, 0.05) is 31.1 Å². The number of nitrogens with two attached hydrogens (primary N) is 1. The van der Waals surface area contributed by atoms with Gasteiger partial charge >= 0.3 is 0 Å². The van der Waals surface area contributed by atoms with Crippen molar-refractivity contribution < 1.29 is 4.79 Å². The van der Waals surface area contributed by atoms with Crippen LogP contribution in [-0.2, 0) is 4.79 Å². The summed E-state index contributed by atoms with van der Waals surface area (Å²) in [5.74, 6) is 0.0946. The number of hydrogen-bond acceptors (Lipinski definition) is 3. The van der Waals surface area contributed by atoms with Crippen molar-refractivity contribution in [2.24, 2.45) is 5.73 Å². The van der Waals surface area contributed by atoms with Gasteiger partial charge in [0.25, 0.3) is 0 Å². The maximum absolute atomic E-state index is 11.8. The molecule has 4 nitrogen and oxygen atoms in total. The molecule has 0 aliphatic rings. The zero-order valence-electron chi connectivity index (χ0n) is 12.0. The Morgan fingerprint density at radius 1 is 1.29 bits per heavy atom. The van der Waals surface area contributed by atoms with Gasteiger partial charge in [-0.1, -0.05) is 13.8 Å². The zero-order valence-corrected chi connectivity index (χ0v) is 12.0. The lowest BCUT2D eigenvalue weighted by molar-refractivity contribution is -0.122. The number of carbonyl (C=O) groups excluding carboxylic acids is 1. The highest BCUT2D eigenvalue weighted by Gasteiger charge is 2.22. The molecule has 0 aliphatic heterocycles. The third-order valence-electron chi connectivity index (χ3n) is 3.13. The summed E-state index contributed by atoms with van der Waals surface area (Å²) in [6.07, 6.45) is 1.57. The van der Waals surface area contributed by atoms with Gasteiger partial charge in [0.05, 0.1) is 0 Å². The molecular weight excluding hydrogens is 214 g/mol. The maximum Gasteiger partial charge on any atom is 0.221 e. The lowest BCUT2D eigenvalue weighted by atomic mass is 10.1. The summed E-state index contributed by atoms with van der Waals surface area (Å²) in [7, 11) is 0. The van der Waals surface area contributed by atoms with E-state index in [0.717, 1.165) is 13.0 Å². The molecule has 0 aromatic carbocycles. The summed E-state index contributed by atoms with van der Waals surface area (Å²) in [6.45, 7) is 11.9. The summed E-state index contributed by atoms with van der Waals surface area (Å²) >= 11 is 0. The van der Waals surface area contributed by atoms with E-state index in [9.17, 15) is 4.79 Å². The van der Waals surface area contributed by atoms with Gasteiger partial charge in [-0.05, 0) is 33.7 Å². The predicted molar refractivity (Wildman–Crippen MR) is 72.9 cm³/mol. The van der Waals surface area contributed by atoms with Crippen molar-refractivity contribution in [2.75, 3.05) is 13.1 Å². The highest BCUT2D eigenvalue weighted by molar-refractivity contribution is 5.76. The van der Waals surface area contributed by atoms with Crippen molar-refractivity contribution in [2.45, 2.75) is 65.6 Å². The first-order chi connectivity index (χ1) is 7.96.